The summed E-state index contributed by atoms with van der Waals surface area (Å²) in [6, 6.07) is 20.0. The van der Waals surface area contributed by atoms with Crippen LogP contribution in [0.5, 0.6) is 0 Å². The second-order valence-electron chi connectivity index (χ2n) is 7.84. The van der Waals surface area contributed by atoms with Crippen LogP contribution in [0.15, 0.2) is 65.1 Å². The topological polar surface area (TPSA) is 36.5 Å². The molecule has 0 atom stereocenters. The fourth-order valence-corrected chi connectivity index (χ4v) is 4.40. The summed E-state index contributed by atoms with van der Waals surface area (Å²) in [6.07, 6.45) is 0. The molecule has 5 heteroatoms. The average molecular weight is 448 g/mol. The first-order valence-corrected chi connectivity index (χ1v) is 11.4. The maximum absolute atomic E-state index is 12.2. The number of hydrogen-bond acceptors (Lipinski definition) is 3. The van der Waals surface area contributed by atoms with E-state index in [1.54, 1.807) is 6.07 Å². The van der Waals surface area contributed by atoms with E-state index in [0.717, 1.165) is 64.1 Å². The van der Waals surface area contributed by atoms with Gasteiger partial charge in [-0.25, -0.2) is 4.58 Å². The van der Waals surface area contributed by atoms with Crippen molar-refractivity contribution < 1.29 is 9.21 Å². The van der Waals surface area contributed by atoms with Gasteiger partial charge < -0.3 is 9.32 Å². The Labute approximate surface area is 193 Å². The highest BCUT2D eigenvalue weighted by Gasteiger charge is 2.22. The number of benzene rings is 3. The van der Waals surface area contributed by atoms with Crippen molar-refractivity contribution in [2.45, 2.75) is 20.8 Å². The van der Waals surface area contributed by atoms with Gasteiger partial charge in [0.05, 0.1) is 6.07 Å². The minimum atomic E-state index is -0.468. The van der Waals surface area contributed by atoms with Gasteiger partial charge in [-0.05, 0) is 62.2 Å². The van der Waals surface area contributed by atoms with Gasteiger partial charge in [0.1, 0.15) is 24.4 Å². The monoisotopic (exact) mass is 447 g/mol. The van der Waals surface area contributed by atoms with E-state index < -0.39 is 5.24 Å². The molecule has 0 aromatic heterocycles. The molecule has 4 nitrogen and oxygen atoms in total. The van der Waals surface area contributed by atoms with Crippen molar-refractivity contribution in [3.8, 4) is 22.5 Å². The Hall–Kier alpha value is -3.11. The van der Waals surface area contributed by atoms with Crippen LogP contribution in [0.2, 0.25) is 0 Å². The third-order valence-corrected chi connectivity index (χ3v) is 6.34. The third-order valence-electron chi connectivity index (χ3n) is 6.14. The molecule has 0 fully saturated rings. The molecule has 0 saturated heterocycles. The van der Waals surface area contributed by atoms with Gasteiger partial charge in [-0.3, -0.25) is 4.79 Å². The van der Waals surface area contributed by atoms with E-state index in [9.17, 15) is 4.79 Å². The molecule has 0 radical (unpaired) electrons. The Kier molecular flexibility index (Phi) is 6.33. The van der Waals surface area contributed by atoms with Crippen LogP contribution in [-0.2, 0) is 0 Å². The summed E-state index contributed by atoms with van der Waals surface area (Å²) in [7, 11) is 2.06. The lowest BCUT2D eigenvalue weighted by molar-refractivity contribution is 0.108. The molecule has 164 valence electrons. The van der Waals surface area contributed by atoms with Gasteiger partial charge in [0.25, 0.3) is 5.24 Å². The van der Waals surface area contributed by atoms with Crippen molar-refractivity contribution in [1.29, 1.82) is 0 Å². The van der Waals surface area contributed by atoms with Gasteiger partial charge in [0.15, 0.2) is 0 Å². The first-order valence-electron chi connectivity index (χ1n) is 11.1. The molecular formula is C27H28ClN2O2+. The zero-order chi connectivity index (χ0) is 22.8. The van der Waals surface area contributed by atoms with Gasteiger partial charge in [-0.1, -0.05) is 18.2 Å². The second-order valence-corrected chi connectivity index (χ2v) is 8.19. The van der Waals surface area contributed by atoms with E-state index in [-0.39, 0.29) is 0 Å². The van der Waals surface area contributed by atoms with Crippen LogP contribution in [0.4, 0.5) is 5.69 Å². The van der Waals surface area contributed by atoms with Gasteiger partial charge in [-0.15, -0.1) is 0 Å². The zero-order valence-electron chi connectivity index (χ0n) is 19.0. The molecule has 0 saturated carbocycles. The summed E-state index contributed by atoms with van der Waals surface area (Å²) in [4.78, 5) is 14.4. The van der Waals surface area contributed by atoms with Crippen molar-refractivity contribution in [1.82, 2.24) is 4.58 Å². The molecule has 0 bridgehead atoms. The molecule has 2 aromatic carbocycles. The number of carbonyl (C=O) groups is 1. The van der Waals surface area contributed by atoms with Gasteiger partial charge >= 0.3 is 0 Å². The van der Waals surface area contributed by atoms with Crippen molar-refractivity contribution in [2.75, 3.05) is 31.6 Å². The standard InChI is InChI=1S/C27H28ClN2O2/c1-5-29(4)18-12-14-22-24(16-18)32-25-17-19(30(6-2)7-3)13-15-23(25)26(22)20-10-8-9-11-21(20)27(28)31/h8-17H,5-7H2,1-4H3/q+1. The smallest absolute Gasteiger partial charge is 0.253 e. The van der Waals surface area contributed by atoms with E-state index in [4.69, 9.17) is 16.0 Å². The highest BCUT2D eigenvalue weighted by Crippen LogP contribution is 2.42. The molecular weight excluding hydrogens is 420 g/mol. The van der Waals surface area contributed by atoms with Crippen LogP contribution in [0.25, 0.3) is 33.4 Å². The van der Waals surface area contributed by atoms with Crippen LogP contribution in [0, 0.1) is 0 Å². The Morgan fingerprint density at radius 1 is 0.969 bits per heavy atom. The van der Waals surface area contributed by atoms with Crippen molar-refractivity contribution >= 4 is 33.5 Å². The molecule has 1 aliphatic heterocycles. The quantitative estimate of drug-likeness (QED) is 0.211. The normalized spacial score (nSPS) is 11.2. The Morgan fingerprint density at radius 2 is 1.72 bits per heavy atom. The van der Waals surface area contributed by atoms with Crippen LogP contribution in [-0.4, -0.2) is 31.9 Å². The number of hydrogen-bond donors (Lipinski definition) is 0. The molecule has 32 heavy (non-hydrogen) atoms. The molecule has 0 amide bonds. The largest absolute Gasteiger partial charge is 0.456 e. The van der Waals surface area contributed by atoms with Crippen LogP contribution >= 0.6 is 11.6 Å². The minimum Gasteiger partial charge on any atom is -0.456 e. The predicted molar refractivity (Wildman–Crippen MR) is 134 cm³/mol. The molecule has 4 rings (SSSR count). The molecule has 0 N–H and O–H groups in total. The number of anilines is 1. The number of rotatable bonds is 6. The fourth-order valence-electron chi connectivity index (χ4n) is 4.24. The molecule has 1 heterocycles. The lowest BCUT2D eigenvalue weighted by atomic mass is 9.91. The van der Waals surface area contributed by atoms with Crippen molar-refractivity contribution in [3.05, 3.63) is 71.6 Å². The lowest BCUT2D eigenvalue weighted by Crippen LogP contribution is -2.29. The SMILES string of the molecule is CCN(C)c1ccc2c(-c3ccccc3C(=O)Cl)c3ccc(=[N+](CC)CC)cc-3oc2c1. The van der Waals surface area contributed by atoms with E-state index in [1.807, 2.05) is 18.2 Å². The Morgan fingerprint density at radius 3 is 2.41 bits per heavy atom. The summed E-state index contributed by atoms with van der Waals surface area (Å²) in [5.74, 6) is 0.782. The summed E-state index contributed by atoms with van der Waals surface area (Å²) in [5.41, 5.74) is 5.07. The van der Waals surface area contributed by atoms with E-state index in [1.165, 1.54) is 0 Å². The number of fused-ring (bicyclic) bond motifs is 2. The van der Waals surface area contributed by atoms with E-state index >= 15 is 0 Å². The molecule has 2 aromatic rings. The average Bonchev–Trinajstić information content (AvgIpc) is 2.82. The zero-order valence-corrected chi connectivity index (χ0v) is 19.7. The van der Waals surface area contributed by atoms with Gasteiger partial charge in [0, 0.05) is 53.5 Å². The molecule has 0 unspecified atom stereocenters. The minimum absolute atomic E-state index is 0.468. The fraction of sp³-hybridized carbons (Fsp3) is 0.259. The molecule has 2 aliphatic rings. The number of nitrogens with zero attached hydrogens (tertiary/aromatic N) is 2. The van der Waals surface area contributed by atoms with E-state index in [0.29, 0.717) is 5.56 Å². The lowest BCUT2D eigenvalue weighted by Gasteiger charge is -2.20. The highest BCUT2D eigenvalue weighted by molar-refractivity contribution is 6.68. The first kappa shape index (κ1) is 22.1. The van der Waals surface area contributed by atoms with Gasteiger partial charge in [-0.2, -0.15) is 0 Å². The molecule has 0 spiro atoms. The van der Waals surface area contributed by atoms with Gasteiger partial charge in [0.2, 0.25) is 5.36 Å². The van der Waals surface area contributed by atoms with E-state index in [2.05, 4.69) is 73.7 Å². The Balaban J connectivity index is 2.15. The van der Waals surface area contributed by atoms with Crippen LogP contribution in [0.1, 0.15) is 31.1 Å². The summed E-state index contributed by atoms with van der Waals surface area (Å²) in [6.45, 7) is 9.13. The van der Waals surface area contributed by atoms with Crippen molar-refractivity contribution in [3.63, 3.8) is 0 Å². The van der Waals surface area contributed by atoms with Crippen molar-refractivity contribution in [2.24, 2.45) is 0 Å². The summed E-state index contributed by atoms with van der Waals surface area (Å²) in [5, 5.41) is 1.59. The number of halogens is 1. The second kappa shape index (κ2) is 9.17. The highest BCUT2D eigenvalue weighted by atomic mass is 35.5. The third kappa shape index (κ3) is 3.91. The Bertz CT molecular complexity index is 1330. The molecule has 1 aliphatic carbocycles. The predicted octanol–water partition coefficient (Wildman–Crippen LogP) is 5.85. The first-order chi connectivity index (χ1) is 15.5. The number of carbonyl (C=O) groups excluding carboxylic acids is 1. The maximum Gasteiger partial charge on any atom is 0.253 e. The van der Waals surface area contributed by atoms with Crippen LogP contribution < -0.4 is 14.8 Å². The summed E-state index contributed by atoms with van der Waals surface area (Å²) < 4.78 is 8.74. The maximum atomic E-state index is 12.2. The summed E-state index contributed by atoms with van der Waals surface area (Å²) >= 11 is 5.97. The van der Waals surface area contributed by atoms with Crippen LogP contribution in [0.3, 0.4) is 0 Å².